The molecule has 2 amide bonds. The first kappa shape index (κ1) is 18.0. The minimum atomic E-state index is -0.225. The first-order valence-corrected chi connectivity index (χ1v) is 10.3. The van der Waals surface area contributed by atoms with Crippen LogP contribution in [0.4, 0.5) is 0 Å². The normalized spacial score (nSPS) is 16.7. The SMILES string of the molecule is O=C(CSc1nc2ccccc2c(=O)n1C1CC1)NCC(=O)N1CCCC1. The number of likely N-dealkylation sites (tertiary alicyclic amines) is 1. The fourth-order valence-corrected chi connectivity index (χ4v) is 4.21. The van der Waals surface area contributed by atoms with E-state index in [4.69, 9.17) is 0 Å². The van der Waals surface area contributed by atoms with Gasteiger partial charge in [-0.2, -0.15) is 0 Å². The standard InChI is InChI=1S/C19H22N4O3S/c24-16(20-11-17(25)22-9-3-4-10-22)12-27-19-21-15-6-2-1-5-14(15)18(26)23(19)13-7-8-13/h1-2,5-6,13H,3-4,7-12H2,(H,20,24). The van der Waals surface area contributed by atoms with Crippen LogP contribution in [0.2, 0.25) is 0 Å². The van der Waals surface area contributed by atoms with Crippen molar-refractivity contribution >= 4 is 34.5 Å². The summed E-state index contributed by atoms with van der Waals surface area (Å²) in [5.41, 5.74) is 0.599. The third-order valence-electron chi connectivity index (χ3n) is 4.92. The van der Waals surface area contributed by atoms with E-state index in [9.17, 15) is 14.4 Å². The molecule has 1 aliphatic carbocycles. The molecule has 0 radical (unpaired) electrons. The molecule has 0 spiro atoms. The summed E-state index contributed by atoms with van der Waals surface area (Å²) in [7, 11) is 0. The van der Waals surface area contributed by atoms with Crippen molar-refractivity contribution in [2.45, 2.75) is 36.9 Å². The number of carbonyl (C=O) groups is 2. The molecular weight excluding hydrogens is 364 g/mol. The average molecular weight is 386 g/mol. The molecule has 0 unspecified atom stereocenters. The number of benzene rings is 1. The molecule has 1 N–H and O–H groups in total. The smallest absolute Gasteiger partial charge is 0.262 e. The van der Waals surface area contributed by atoms with E-state index in [1.165, 1.54) is 11.8 Å². The zero-order valence-corrected chi connectivity index (χ0v) is 15.8. The van der Waals surface area contributed by atoms with E-state index in [2.05, 4.69) is 10.3 Å². The van der Waals surface area contributed by atoms with Crippen molar-refractivity contribution in [3.63, 3.8) is 0 Å². The molecule has 1 aromatic carbocycles. The van der Waals surface area contributed by atoms with Crippen molar-refractivity contribution in [1.29, 1.82) is 0 Å². The van der Waals surface area contributed by atoms with Crippen molar-refractivity contribution in [2.24, 2.45) is 0 Å². The van der Waals surface area contributed by atoms with Crippen LogP contribution in [-0.4, -0.2) is 51.7 Å². The minimum absolute atomic E-state index is 0.0278. The van der Waals surface area contributed by atoms with Gasteiger partial charge in [-0.1, -0.05) is 23.9 Å². The number of nitrogens with one attached hydrogen (secondary N) is 1. The van der Waals surface area contributed by atoms with Gasteiger partial charge in [0.2, 0.25) is 11.8 Å². The number of hydrogen-bond donors (Lipinski definition) is 1. The Kier molecular flexibility index (Phi) is 5.15. The number of aromatic nitrogens is 2. The Balaban J connectivity index is 1.42. The number of fused-ring (bicyclic) bond motifs is 1. The Morgan fingerprint density at radius 2 is 1.93 bits per heavy atom. The second-order valence-electron chi connectivity index (χ2n) is 6.97. The van der Waals surface area contributed by atoms with Gasteiger partial charge in [-0.3, -0.25) is 19.0 Å². The van der Waals surface area contributed by atoms with Gasteiger partial charge in [-0.15, -0.1) is 0 Å². The number of carbonyl (C=O) groups excluding carboxylic acids is 2. The summed E-state index contributed by atoms with van der Waals surface area (Å²) in [5.74, 6) is -0.132. The topological polar surface area (TPSA) is 84.3 Å². The van der Waals surface area contributed by atoms with Crippen molar-refractivity contribution in [3.05, 3.63) is 34.6 Å². The van der Waals surface area contributed by atoms with Gasteiger partial charge in [0, 0.05) is 19.1 Å². The minimum Gasteiger partial charge on any atom is -0.346 e. The van der Waals surface area contributed by atoms with Crippen LogP contribution in [0.25, 0.3) is 10.9 Å². The quantitative estimate of drug-likeness (QED) is 0.602. The van der Waals surface area contributed by atoms with Crippen molar-refractivity contribution < 1.29 is 9.59 Å². The third-order valence-corrected chi connectivity index (χ3v) is 5.87. The molecule has 2 aromatic rings. The Morgan fingerprint density at radius 3 is 2.67 bits per heavy atom. The fraction of sp³-hybridized carbons (Fsp3) is 0.474. The molecule has 0 bridgehead atoms. The Labute approximate surface area is 161 Å². The molecule has 1 aliphatic heterocycles. The molecule has 4 rings (SSSR count). The molecule has 7 nitrogen and oxygen atoms in total. The molecule has 1 aromatic heterocycles. The van der Waals surface area contributed by atoms with Crippen LogP contribution in [0, 0.1) is 0 Å². The van der Waals surface area contributed by atoms with Gasteiger partial charge < -0.3 is 10.2 Å². The van der Waals surface area contributed by atoms with Crippen LogP contribution in [0.15, 0.2) is 34.2 Å². The summed E-state index contributed by atoms with van der Waals surface area (Å²) in [6.07, 6.45) is 3.98. The number of hydrogen-bond acceptors (Lipinski definition) is 5. The molecule has 27 heavy (non-hydrogen) atoms. The molecule has 8 heteroatoms. The van der Waals surface area contributed by atoms with E-state index >= 15 is 0 Å². The second-order valence-corrected chi connectivity index (χ2v) is 7.91. The molecule has 2 fully saturated rings. The molecule has 1 saturated carbocycles. The van der Waals surface area contributed by atoms with Crippen molar-refractivity contribution in [2.75, 3.05) is 25.4 Å². The maximum absolute atomic E-state index is 12.8. The predicted molar refractivity (Wildman–Crippen MR) is 104 cm³/mol. The van der Waals surface area contributed by atoms with Crippen molar-refractivity contribution in [1.82, 2.24) is 19.8 Å². The highest BCUT2D eigenvalue weighted by Crippen LogP contribution is 2.36. The van der Waals surface area contributed by atoms with E-state index in [0.717, 1.165) is 38.8 Å². The van der Waals surface area contributed by atoms with E-state index in [-0.39, 0.29) is 35.7 Å². The van der Waals surface area contributed by atoms with Crippen LogP contribution in [0.3, 0.4) is 0 Å². The monoisotopic (exact) mass is 386 g/mol. The summed E-state index contributed by atoms with van der Waals surface area (Å²) in [5, 5.41) is 3.86. The molecule has 142 valence electrons. The maximum Gasteiger partial charge on any atom is 0.262 e. The van der Waals surface area contributed by atoms with Crippen LogP contribution in [0.5, 0.6) is 0 Å². The van der Waals surface area contributed by atoms with Gasteiger partial charge in [0.05, 0.1) is 23.2 Å². The number of para-hydroxylation sites is 1. The molecule has 2 heterocycles. The van der Waals surface area contributed by atoms with E-state index in [1.807, 2.05) is 18.2 Å². The van der Waals surface area contributed by atoms with Crippen LogP contribution >= 0.6 is 11.8 Å². The van der Waals surface area contributed by atoms with Crippen LogP contribution < -0.4 is 10.9 Å². The molecule has 0 atom stereocenters. The summed E-state index contributed by atoms with van der Waals surface area (Å²) in [6.45, 7) is 1.58. The highest BCUT2D eigenvalue weighted by Gasteiger charge is 2.28. The van der Waals surface area contributed by atoms with Gasteiger partial charge in [0.15, 0.2) is 5.16 Å². The first-order valence-electron chi connectivity index (χ1n) is 9.32. The van der Waals surface area contributed by atoms with Crippen LogP contribution in [-0.2, 0) is 9.59 Å². The Morgan fingerprint density at radius 1 is 1.19 bits per heavy atom. The van der Waals surface area contributed by atoms with Gasteiger partial charge in [0.25, 0.3) is 5.56 Å². The fourth-order valence-electron chi connectivity index (χ4n) is 3.32. The van der Waals surface area contributed by atoms with Gasteiger partial charge in [-0.25, -0.2) is 4.98 Å². The first-order chi connectivity index (χ1) is 13.1. The summed E-state index contributed by atoms with van der Waals surface area (Å²) in [6, 6.07) is 7.46. The number of nitrogens with zero attached hydrogens (tertiary/aromatic N) is 3. The second kappa shape index (κ2) is 7.72. The summed E-state index contributed by atoms with van der Waals surface area (Å²) >= 11 is 1.25. The van der Waals surface area contributed by atoms with Crippen molar-refractivity contribution in [3.8, 4) is 0 Å². The predicted octanol–water partition coefficient (Wildman–Crippen LogP) is 1.56. The summed E-state index contributed by atoms with van der Waals surface area (Å²) in [4.78, 5) is 43.4. The lowest BCUT2D eigenvalue weighted by Crippen LogP contribution is -2.39. The lowest BCUT2D eigenvalue weighted by Gasteiger charge is -2.15. The zero-order chi connectivity index (χ0) is 18.8. The van der Waals surface area contributed by atoms with E-state index in [1.54, 1.807) is 15.5 Å². The molecule has 1 saturated heterocycles. The number of rotatable bonds is 6. The molecule has 2 aliphatic rings. The summed E-state index contributed by atoms with van der Waals surface area (Å²) < 4.78 is 1.72. The Bertz CT molecular complexity index is 932. The lowest BCUT2D eigenvalue weighted by molar-refractivity contribution is -0.131. The van der Waals surface area contributed by atoms with Gasteiger partial charge in [-0.05, 0) is 37.8 Å². The zero-order valence-electron chi connectivity index (χ0n) is 15.0. The third kappa shape index (κ3) is 4.00. The van der Waals surface area contributed by atoms with Gasteiger partial charge >= 0.3 is 0 Å². The van der Waals surface area contributed by atoms with E-state index in [0.29, 0.717) is 16.1 Å². The van der Waals surface area contributed by atoms with Crippen LogP contribution in [0.1, 0.15) is 31.7 Å². The maximum atomic E-state index is 12.8. The van der Waals surface area contributed by atoms with Gasteiger partial charge in [0.1, 0.15) is 0 Å². The molecular formula is C19H22N4O3S. The highest BCUT2D eigenvalue weighted by molar-refractivity contribution is 7.99. The lowest BCUT2D eigenvalue weighted by atomic mass is 10.2. The Hall–Kier alpha value is -2.35. The van der Waals surface area contributed by atoms with E-state index < -0.39 is 0 Å². The highest BCUT2D eigenvalue weighted by atomic mass is 32.2. The average Bonchev–Trinajstić information content (AvgIpc) is 3.36. The number of amides is 2. The number of thioether (sulfide) groups is 1. The largest absolute Gasteiger partial charge is 0.346 e.